The molecule has 1 saturated heterocycles. The summed E-state index contributed by atoms with van der Waals surface area (Å²) in [4.78, 5) is 14.4. The zero-order valence-electron chi connectivity index (χ0n) is 15.2. The van der Waals surface area contributed by atoms with E-state index in [0.29, 0.717) is 19.3 Å². The molecule has 9 heteroatoms. The lowest BCUT2D eigenvalue weighted by Crippen LogP contribution is -2.38. The van der Waals surface area contributed by atoms with Crippen LogP contribution in [0, 0.1) is 12.7 Å². The van der Waals surface area contributed by atoms with Gasteiger partial charge in [-0.1, -0.05) is 17.8 Å². The van der Waals surface area contributed by atoms with Crippen LogP contribution in [0.15, 0.2) is 23.4 Å². The Labute approximate surface area is 161 Å². The van der Waals surface area contributed by atoms with Crippen molar-refractivity contribution in [2.45, 2.75) is 31.0 Å². The summed E-state index contributed by atoms with van der Waals surface area (Å²) in [7, 11) is 0. The van der Waals surface area contributed by atoms with E-state index >= 15 is 0 Å². The van der Waals surface area contributed by atoms with Crippen LogP contribution in [0.4, 0.5) is 16.0 Å². The van der Waals surface area contributed by atoms with Gasteiger partial charge in [0.05, 0.1) is 24.7 Å². The number of benzene rings is 1. The Morgan fingerprint density at radius 3 is 2.81 bits per heavy atom. The quantitative estimate of drug-likeness (QED) is 0.764. The summed E-state index contributed by atoms with van der Waals surface area (Å²) in [5, 5.41) is 12.0. The minimum absolute atomic E-state index is 0.154. The minimum atomic E-state index is -0.427. The second kappa shape index (κ2) is 7.85. The van der Waals surface area contributed by atoms with Gasteiger partial charge in [0.15, 0.2) is 5.16 Å². The van der Waals surface area contributed by atoms with E-state index in [2.05, 4.69) is 25.0 Å². The Kier molecular flexibility index (Phi) is 5.31. The standard InChI is InChI=1S/C18H22FN5O2S/c1-12-2-5-15(14(19)10-12)20-16(25)11-27-18-22-21-17(24(18)13-3-4-13)23-6-8-26-9-7-23/h2,5,10,13H,3-4,6-9,11H2,1H3,(H,20,25). The number of amides is 1. The fraction of sp³-hybridized carbons (Fsp3) is 0.500. The predicted molar refractivity (Wildman–Crippen MR) is 102 cm³/mol. The van der Waals surface area contributed by atoms with Gasteiger partial charge in [-0.15, -0.1) is 10.2 Å². The van der Waals surface area contributed by atoms with Crippen molar-refractivity contribution in [2.75, 3.05) is 42.3 Å². The number of morpholine rings is 1. The van der Waals surface area contributed by atoms with Crippen molar-refractivity contribution >= 4 is 29.3 Å². The summed E-state index contributed by atoms with van der Waals surface area (Å²) >= 11 is 1.33. The number of carbonyl (C=O) groups is 1. The molecule has 1 N–H and O–H groups in total. The number of halogens is 1. The van der Waals surface area contributed by atoms with Gasteiger partial charge in [-0.25, -0.2) is 4.39 Å². The molecule has 0 bridgehead atoms. The molecule has 7 nitrogen and oxygen atoms in total. The molecule has 144 valence electrons. The molecule has 1 amide bonds. The average molecular weight is 391 g/mol. The maximum Gasteiger partial charge on any atom is 0.234 e. The number of ether oxygens (including phenoxy) is 1. The van der Waals surface area contributed by atoms with Crippen LogP contribution in [0.5, 0.6) is 0 Å². The number of nitrogens with zero attached hydrogens (tertiary/aromatic N) is 4. The van der Waals surface area contributed by atoms with Crippen molar-refractivity contribution in [1.82, 2.24) is 14.8 Å². The first-order chi connectivity index (χ1) is 13.1. The molecule has 0 radical (unpaired) electrons. The Morgan fingerprint density at radius 2 is 2.11 bits per heavy atom. The Morgan fingerprint density at radius 1 is 1.33 bits per heavy atom. The number of aromatic nitrogens is 3. The van der Waals surface area contributed by atoms with E-state index in [4.69, 9.17) is 4.74 Å². The molecular formula is C18H22FN5O2S. The molecule has 2 fully saturated rings. The predicted octanol–water partition coefficient (Wildman–Crippen LogP) is 2.63. The number of anilines is 2. The largest absolute Gasteiger partial charge is 0.378 e. The molecule has 2 heterocycles. The molecule has 1 aromatic carbocycles. The second-order valence-corrected chi connectivity index (χ2v) is 7.75. The number of nitrogens with one attached hydrogen (secondary N) is 1. The van der Waals surface area contributed by atoms with Gasteiger partial charge in [0.2, 0.25) is 11.9 Å². The fourth-order valence-corrected chi connectivity index (χ4v) is 3.84. The fourth-order valence-electron chi connectivity index (χ4n) is 3.04. The smallest absolute Gasteiger partial charge is 0.234 e. The topological polar surface area (TPSA) is 72.3 Å². The number of hydrogen-bond acceptors (Lipinski definition) is 6. The van der Waals surface area contributed by atoms with Gasteiger partial charge >= 0.3 is 0 Å². The van der Waals surface area contributed by atoms with Crippen LogP contribution in [0.2, 0.25) is 0 Å². The van der Waals surface area contributed by atoms with Crippen LogP contribution in [0.1, 0.15) is 24.4 Å². The summed E-state index contributed by atoms with van der Waals surface area (Å²) in [6, 6.07) is 5.15. The van der Waals surface area contributed by atoms with E-state index < -0.39 is 5.82 Å². The van der Waals surface area contributed by atoms with E-state index in [1.54, 1.807) is 19.1 Å². The van der Waals surface area contributed by atoms with E-state index in [1.165, 1.54) is 17.8 Å². The molecular weight excluding hydrogens is 369 g/mol. The Balaban J connectivity index is 1.42. The molecule has 0 unspecified atom stereocenters. The maximum atomic E-state index is 13.9. The zero-order valence-corrected chi connectivity index (χ0v) is 16.0. The summed E-state index contributed by atoms with van der Waals surface area (Å²) in [6.07, 6.45) is 2.20. The van der Waals surface area contributed by atoms with Gasteiger partial charge in [0.1, 0.15) is 5.82 Å². The summed E-state index contributed by atoms with van der Waals surface area (Å²) in [5.74, 6) is 0.319. The SMILES string of the molecule is Cc1ccc(NC(=O)CSc2nnc(N3CCOCC3)n2C2CC2)c(F)c1. The maximum absolute atomic E-state index is 13.9. The molecule has 1 saturated carbocycles. The van der Waals surface area contributed by atoms with Gasteiger partial charge in [-0.05, 0) is 37.5 Å². The van der Waals surface area contributed by atoms with Crippen molar-refractivity contribution < 1.29 is 13.9 Å². The molecule has 4 rings (SSSR count). The Bertz CT molecular complexity index is 833. The van der Waals surface area contributed by atoms with E-state index in [0.717, 1.165) is 42.6 Å². The lowest BCUT2D eigenvalue weighted by molar-refractivity contribution is -0.113. The number of hydrogen-bond donors (Lipinski definition) is 1. The molecule has 27 heavy (non-hydrogen) atoms. The first-order valence-electron chi connectivity index (χ1n) is 9.08. The molecule has 2 aromatic rings. The first-order valence-corrected chi connectivity index (χ1v) is 10.1. The summed E-state index contributed by atoms with van der Waals surface area (Å²) < 4.78 is 21.4. The van der Waals surface area contributed by atoms with E-state index in [9.17, 15) is 9.18 Å². The number of thioether (sulfide) groups is 1. The lowest BCUT2D eigenvalue weighted by atomic mass is 10.2. The normalized spacial score (nSPS) is 17.2. The minimum Gasteiger partial charge on any atom is -0.378 e. The third-order valence-electron chi connectivity index (χ3n) is 4.58. The van der Waals surface area contributed by atoms with Gasteiger partial charge in [0.25, 0.3) is 0 Å². The van der Waals surface area contributed by atoms with Crippen LogP contribution < -0.4 is 10.2 Å². The third kappa shape index (κ3) is 4.24. The van der Waals surface area contributed by atoms with Crippen LogP contribution in [-0.2, 0) is 9.53 Å². The highest BCUT2D eigenvalue weighted by atomic mass is 32.2. The van der Waals surface area contributed by atoms with Gasteiger partial charge in [0, 0.05) is 19.1 Å². The zero-order chi connectivity index (χ0) is 18.8. The summed E-state index contributed by atoms with van der Waals surface area (Å²) in [5.41, 5.74) is 1.01. The molecule has 1 aliphatic carbocycles. The van der Waals surface area contributed by atoms with Crippen molar-refractivity contribution in [2.24, 2.45) is 0 Å². The van der Waals surface area contributed by atoms with Crippen LogP contribution in [0.25, 0.3) is 0 Å². The molecule has 1 aromatic heterocycles. The van der Waals surface area contributed by atoms with E-state index in [-0.39, 0.29) is 17.3 Å². The van der Waals surface area contributed by atoms with Crippen LogP contribution >= 0.6 is 11.8 Å². The van der Waals surface area contributed by atoms with Crippen molar-refractivity contribution in [3.8, 4) is 0 Å². The van der Waals surface area contributed by atoms with Gasteiger partial charge < -0.3 is 15.0 Å². The van der Waals surface area contributed by atoms with Crippen molar-refractivity contribution in [3.63, 3.8) is 0 Å². The molecule has 1 aliphatic heterocycles. The molecule has 0 atom stereocenters. The third-order valence-corrected chi connectivity index (χ3v) is 5.53. The highest BCUT2D eigenvalue weighted by Crippen LogP contribution is 2.41. The highest BCUT2D eigenvalue weighted by molar-refractivity contribution is 7.99. The first kappa shape index (κ1) is 18.2. The van der Waals surface area contributed by atoms with Gasteiger partial charge in [-0.2, -0.15) is 0 Å². The van der Waals surface area contributed by atoms with Crippen molar-refractivity contribution in [1.29, 1.82) is 0 Å². The number of rotatable bonds is 6. The van der Waals surface area contributed by atoms with Crippen molar-refractivity contribution in [3.05, 3.63) is 29.6 Å². The monoisotopic (exact) mass is 391 g/mol. The van der Waals surface area contributed by atoms with Crippen LogP contribution in [-0.4, -0.2) is 52.7 Å². The average Bonchev–Trinajstić information content (AvgIpc) is 3.42. The molecule has 2 aliphatic rings. The number of aryl methyl sites for hydroxylation is 1. The lowest BCUT2D eigenvalue weighted by Gasteiger charge is -2.27. The summed E-state index contributed by atoms with van der Waals surface area (Å²) in [6.45, 7) is 4.77. The highest BCUT2D eigenvalue weighted by Gasteiger charge is 2.32. The molecule has 0 spiro atoms. The van der Waals surface area contributed by atoms with Gasteiger partial charge in [-0.3, -0.25) is 9.36 Å². The van der Waals surface area contributed by atoms with E-state index in [1.807, 2.05) is 0 Å². The number of carbonyl (C=O) groups excluding carboxylic acids is 1. The van der Waals surface area contributed by atoms with Crippen LogP contribution in [0.3, 0.4) is 0 Å². The Hall–Kier alpha value is -2.13. The second-order valence-electron chi connectivity index (χ2n) is 6.80.